The van der Waals surface area contributed by atoms with Crippen LogP contribution in [0.5, 0.6) is 0 Å². The lowest BCUT2D eigenvalue weighted by atomic mass is 9.98. The Morgan fingerprint density at radius 2 is 1.82 bits per heavy atom. The maximum atomic E-state index is 10.6. The molecule has 0 aromatic rings. The largest absolute Gasteiger partial charge is 0.481 e. The third-order valence-electron chi connectivity index (χ3n) is 2.30. The fourth-order valence-corrected chi connectivity index (χ4v) is 1.58. The first-order valence-corrected chi connectivity index (χ1v) is 4.12. The van der Waals surface area contributed by atoms with Crippen LogP contribution in [-0.4, -0.2) is 22.3 Å². The zero-order valence-corrected chi connectivity index (χ0v) is 6.49. The summed E-state index contributed by atoms with van der Waals surface area (Å²) in [5.74, 6) is -1.36. The molecular weight excluding hydrogens is 144 g/mol. The first-order chi connectivity index (χ1) is 5.22. The monoisotopic (exact) mass is 158 g/mol. The molecule has 3 nitrogen and oxygen atoms in total. The molecule has 0 heterocycles. The summed E-state index contributed by atoms with van der Waals surface area (Å²) in [5, 5.41) is 18.0. The second kappa shape index (κ2) is 3.72. The molecule has 11 heavy (non-hydrogen) atoms. The first-order valence-electron chi connectivity index (χ1n) is 4.12. The van der Waals surface area contributed by atoms with Gasteiger partial charge in [-0.3, -0.25) is 4.79 Å². The van der Waals surface area contributed by atoms with Crippen molar-refractivity contribution in [3.8, 4) is 0 Å². The van der Waals surface area contributed by atoms with Gasteiger partial charge in [-0.1, -0.05) is 19.3 Å². The van der Waals surface area contributed by atoms with Crippen LogP contribution in [0.4, 0.5) is 0 Å². The van der Waals surface area contributed by atoms with E-state index in [1.54, 1.807) is 0 Å². The molecule has 2 N–H and O–H groups in total. The Kier molecular flexibility index (Phi) is 2.88. The summed E-state index contributed by atoms with van der Waals surface area (Å²) < 4.78 is 0. The summed E-state index contributed by atoms with van der Waals surface area (Å²) in [4.78, 5) is 10.6. The number of aliphatic hydroxyl groups excluding tert-OH is 1. The molecule has 64 valence electrons. The highest BCUT2D eigenvalue weighted by Gasteiger charge is 2.27. The van der Waals surface area contributed by atoms with Crippen molar-refractivity contribution in [1.29, 1.82) is 0 Å². The highest BCUT2D eigenvalue weighted by Crippen LogP contribution is 2.23. The molecule has 1 fully saturated rings. The predicted molar refractivity (Wildman–Crippen MR) is 40.2 cm³/mol. The highest BCUT2D eigenvalue weighted by atomic mass is 16.4. The highest BCUT2D eigenvalue weighted by molar-refractivity contribution is 5.70. The van der Waals surface area contributed by atoms with E-state index in [2.05, 4.69) is 0 Å². The lowest BCUT2D eigenvalue weighted by Crippen LogP contribution is -2.26. The fraction of sp³-hybridized carbons (Fsp3) is 0.875. The SMILES string of the molecule is O=C(O)[C@@H]1CCCCCC1O. The summed E-state index contributed by atoms with van der Waals surface area (Å²) in [6.45, 7) is 0. The molecule has 2 atom stereocenters. The van der Waals surface area contributed by atoms with Gasteiger partial charge >= 0.3 is 5.97 Å². The minimum atomic E-state index is -0.848. The van der Waals surface area contributed by atoms with Gasteiger partial charge in [0, 0.05) is 0 Å². The minimum Gasteiger partial charge on any atom is -0.481 e. The number of carbonyl (C=O) groups is 1. The van der Waals surface area contributed by atoms with Gasteiger partial charge in [0.25, 0.3) is 0 Å². The van der Waals surface area contributed by atoms with Crippen molar-refractivity contribution < 1.29 is 15.0 Å². The molecule has 1 unspecified atom stereocenters. The van der Waals surface area contributed by atoms with Gasteiger partial charge in [-0.2, -0.15) is 0 Å². The number of carboxylic acids is 1. The maximum Gasteiger partial charge on any atom is 0.309 e. The number of aliphatic carboxylic acids is 1. The van der Waals surface area contributed by atoms with E-state index in [4.69, 9.17) is 5.11 Å². The van der Waals surface area contributed by atoms with Gasteiger partial charge in [-0.15, -0.1) is 0 Å². The van der Waals surface area contributed by atoms with Crippen LogP contribution in [0.25, 0.3) is 0 Å². The number of carboxylic acid groups (broad SMARTS) is 1. The Labute approximate surface area is 66.0 Å². The molecule has 0 aromatic heterocycles. The smallest absolute Gasteiger partial charge is 0.309 e. The van der Waals surface area contributed by atoms with E-state index in [0.717, 1.165) is 19.3 Å². The Hall–Kier alpha value is -0.570. The molecule has 0 aromatic carbocycles. The lowest BCUT2D eigenvalue weighted by molar-refractivity contribution is -0.145. The van der Waals surface area contributed by atoms with Crippen LogP contribution in [0.3, 0.4) is 0 Å². The average molecular weight is 158 g/mol. The zero-order valence-electron chi connectivity index (χ0n) is 6.49. The molecule has 0 radical (unpaired) electrons. The van der Waals surface area contributed by atoms with Crippen molar-refractivity contribution in [1.82, 2.24) is 0 Å². The van der Waals surface area contributed by atoms with Crippen molar-refractivity contribution in [3.63, 3.8) is 0 Å². The van der Waals surface area contributed by atoms with Crippen LogP contribution in [0, 0.1) is 5.92 Å². The van der Waals surface area contributed by atoms with Crippen LogP contribution < -0.4 is 0 Å². The molecule has 1 rings (SSSR count). The second-order valence-corrected chi connectivity index (χ2v) is 3.15. The predicted octanol–water partition coefficient (Wildman–Crippen LogP) is 1.01. The third kappa shape index (κ3) is 2.19. The van der Waals surface area contributed by atoms with Crippen LogP contribution in [0.15, 0.2) is 0 Å². The van der Waals surface area contributed by atoms with Gasteiger partial charge in [0.1, 0.15) is 0 Å². The summed E-state index contributed by atoms with van der Waals surface area (Å²) in [6, 6.07) is 0. The fourth-order valence-electron chi connectivity index (χ4n) is 1.58. The van der Waals surface area contributed by atoms with E-state index >= 15 is 0 Å². The van der Waals surface area contributed by atoms with Crippen LogP contribution >= 0.6 is 0 Å². The first kappa shape index (κ1) is 8.53. The maximum absolute atomic E-state index is 10.6. The van der Waals surface area contributed by atoms with E-state index in [0.29, 0.717) is 12.8 Å². The van der Waals surface area contributed by atoms with E-state index in [1.807, 2.05) is 0 Å². The average Bonchev–Trinajstić information content (AvgIpc) is 2.13. The number of hydrogen-bond donors (Lipinski definition) is 2. The van der Waals surface area contributed by atoms with Gasteiger partial charge in [0.2, 0.25) is 0 Å². The van der Waals surface area contributed by atoms with E-state index in [1.165, 1.54) is 0 Å². The van der Waals surface area contributed by atoms with Crippen LogP contribution in [0.1, 0.15) is 32.1 Å². The topological polar surface area (TPSA) is 57.5 Å². The van der Waals surface area contributed by atoms with Crippen molar-refractivity contribution in [2.45, 2.75) is 38.2 Å². The lowest BCUT2D eigenvalue weighted by Gasteiger charge is -2.14. The standard InChI is InChI=1S/C8H14O3/c9-7-5-3-1-2-4-6(7)8(10)11/h6-7,9H,1-5H2,(H,10,11)/t6-,7?/m1/s1. The van der Waals surface area contributed by atoms with Gasteiger partial charge in [-0.25, -0.2) is 0 Å². The van der Waals surface area contributed by atoms with Crippen molar-refractivity contribution in [2.24, 2.45) is 5.92 Å². The van der Waals surface area contributed by atoms with Gasteiger partial charge in [-0.05, 0) is 12.8 Å². The van der Waals surface area contributed by atoms with E-state index < -0.39 is 18.0 Å². The van der Waals surface area contributed by atoms with E-state index in [9.17, 15) is 9.90 Å². The van der Waals surface area contributed by atoms with Crippen molar-refractivity contribution in [3.05, 3.63) is 0 Å². The molecule has 1 aliphatic carbocycles. The number of hydrogen-bond acceptors (Lipinski definition) is 2. The molecule has 0 spiro atoms. The summed E-state index contributed by atoms with van der Waals surface area (Å²) in [6.07, 6.45) is 3.63. The summed E-state index contributed by atoms with van der Waals surface area (Å²) >= 11 is 0. The molecule has 0 saturated heterocycles. The molecule has 0 aliphatic heterocycles. The second-order valence-electron chi connectivity index (χ2n) is 3.15. The van der Waals surface area contributed by atoms with Gasteiger partial charge in [0.15, 0.2) is 0 Å². The van der Waals surface area contributed by atoms with Gasteiger partial charge in [0.05, 0.1) is 12.0 Å². The number of aliphatic hydroxyl groups is 1. The Morgan fingerprint density at radius 1 is 1.18 bits per heavy atom. The molecule has 3 heteroatoms. The van der Waals surface area contributed by atoms with Gasteiger partial charge < -0.3 is 10.2 Å². The number of rotatable bonds is 1. The minimum absolute atomic E-state index is 0.516. The summed E-state index contributed by atoms with van der Waals surface area (Å²) in [7, 11) is 0. The Bertz CT molecular complexity index is 144. The molecule has 1 aliphatic rings. The Morgan fingerprint density at radius 3 is 2.45 bits per heavy atom. The van der Waals surface area contributed by atoms with Crippen LogP contribution in [-0.2, 0) is 4.79 Å². The normalized spacial score (nSPS) is 32.8. The molecule has 1 saturated carbocycles. The van der Waals surface area contributed by atoms with Crippen molar-refractivity contribution in [2.75, 3.05) is 0 Å². The molecular formula is C8H14O3. The van der Waals surface area contributed by atoms with Crippen LogP contribution in [0.2, 0.25) is 0 Å². The molecule has 0 bridgehead atoms. The third-order valence-corrected chi connectivity index (χ3v) is 2.30. The van der Waals surface area contributed by atoms with Crippen molar-refractivity contribution >= 4 is 5.97 Å². The molecule has 0 amide bonds. The van der Waals surface area contributed by atoms with E-state index in [-0.39, 0.29) is 0 Å². The summed E-state index contributed by atoms with van der Waals surface area (Å²) in [5.41, 5.74) is 0. The quantitative estimate of drug-likeness (QED) is 0.560. The Balaban J connectivity index is 2.52. The zero-order chi connectivity index (χ0) is 8.27.